The van der Waals surface area contributed by atoms with E-state index in [2.05, 4.69) is 23.1 Å². The third kappa shape index (κ3) is 2.77. The van der Waals surface area contributed by atoms with E-state index in [1.165, 1.54) is 31.2 Å². The van der Waals surface area contributed by atoms with Crippen LogP contribution < -0.4 is 4.74 Å². The van der Waals surface area contributed by atoms with Crippen molar-refractivity contribution in [1.82, 2.24) is 4.90 Å². The molecule has 1 aromatic carbocycles. The highest BCUT2D eigenvalue weighted by Crippen LogP contribution is 2.35. The fourth-order valence-electron chi connectivity index (χ4n) is 3.48. The first-order valence-corrected chi connectivity index (χ1v) is 7.45. The molecule has 3 nitrogen and oxygen atoms in total. The summed E-state index contributed by atoms with van der Waals surface area (Å²) in [6.07, 6.45) is 5.25. The van der Waals surface area contributed by atoms with Gasteiger partial charge in [0.2, 0.25) is 0 Å². The second-order valence-corrected chi connectivity index (χ2v) is 5.70. The normalized spacial score (nSPS) is 22.7. The number of fused-ring (bicyclic) bond motifs is 1. The van der Waals surface area contributed by atoms with Gasteiger partial charge in [0, 0.05) is 30.6 Å². The molecule has 1 atom stereocenters. The number of rotatable bonds is 5. The standard InChI is InChI=1S/C16H23NO2/c18-10-9-17(14-5-1-2-6-14)11-13-12-19-16-8-4-3-7-15(13)16/h3-4,7-8,13-14,18H,1-2,5-6,9-12H2. The highest BCUT2D eigenvalue weighted by atomic mass is 16.5. The van der Waals surface area contributed by atoms with Gasteiger partial charge in [-0.05, 0) is 18.9 Å². The number of benzene rings is 1. The first-order chi connectivity index (χ1) is 9.38. The third-order valence-corrected chi connectivity index (χ3v) is 4.48. The van der Waals surface area contributed by atoms with Gasteiger partial charge < -0.3 is 9.84 Å². The van der Waals surface area contributed by atoms with E-state index in [0.29, 0.717) is 12.0 Å². The Bertz CT molecular complexity index is 415. The summed E-state index contributed by atoms with van der Waals surface area (Å²) in [5.74, 6) is 1.51. The van der Waals surface area contributed by atoms with Gasteiger partial charge in [0.1, 0.15) is 5.75 Å². The molecule has 1 N–H and O–H groups in total. The maximum atomic E-state index is 9.29. The second-order valence-electron chi connectivity index (χ2n) is 5.70. The van der Waals surface area contributed by atoms with Gasteiger partial charge in [-0.25, -0.2) is 0 Å². The summed E-state index contributed by atoms with van der Waals surface area (Å²) >= 11 is 0. The SMILES string of the molecule is OCCN(CC1COc2ccccc21)C1CCCC1. The molecule has 2 aliphatic rings. The molecule has 1 unspecified atom stereocenters. The minimum Gasteiger partial charge on any atom is -0.493 e. The minimum atomic E-state index is 0.256. The number of nitrogens with zero attached hydrogens (tertiary/aromatic N) is 1. The quantitative estimate of drug-likeness (QED) is 0.883. The van der Waals surface area contributed by atoms with Crippen molar-refractivity contribution < 1.29 is 9.84 Å². The average molecular weight is 261 g/mol. The smallest absolute Gasteiger partial charge is 0.122 e. The van der Waals surface area contributed by atoms with Gasteiger partial charge in [0.25, 0.3) is 0 Å². The van der Waals surface area contributed by atoms with Crippen molar-refractivity contribution in [1.29, 1.82) is 0 Å². The van der Waals surface area contributed by atoms with E-state index in [1.807, 2.05) is 6.07 Å². The molecule has 1 aliphatic heterocycles. The molecule has 0 aromatic heterocycles. The van der Waals surface area contributed by atoms with Gasteiger partial charge in [-0.3, -0.25) is 4.90 Å². The summed E-state index contributed by atoms with van der Waals surface area (Å²) in [6.45, 7) is 2.85. The lowest BCUT2D eigenvalue weighted by Crippen LogP contribution is -2.39. The molecule has 104 valence electrons. The van der Waals surface area contributed by atoms with E-state index in [4.69, 9.17) is 4.74 Å². The van der Waals surface area contributed by atoms with Gasteiger partial charge in [-0.15, -0.1) is 0 Å². The van der Waals surface area contributed by atoms with Gasteiger partial charge in [0.15, 0.2) is 0 Å². The maximum absolute atomic E-state index is 9.29. The van der Waals surface area contributed by atoms with Crippen LogP contribution in [-0.2, 0) is 0 Å². The molecule has 3 rings (SSSR count). The summed E-state index contributed by atoms with van der Waals surface area (Å²) in [4.78, 5) is 2.48. The lowest BCUT2D eigenvalue weighted by atomic mass is 10.00. The van der Waals surface area contributed by atoms with Crippen molar-refractivity contribution in [3.63, 3.8) is 0 Å². The third-order valence-electron chi connectivity index (χ3n) is 4.48. The van der Waals surface area contributed by atoms with Crippen molar-refractivity contribution in [3.05, 3.63) is 29.8 Å². The Kier molecular flexibility index (Phi) is 4.04. The number of ether oxygens (including phenoxy) is 1. The van der Waals surface area contributed by atoms with Gasteiger partial charge >= 0.3 is 0 Å². The number of aliphatic hydroxyl groups is 1. The number of hydrogen-bond donors (Lipinski definition) is 1. The summed E-state index contributed by atoms with van der Waals surface area (Å²) < 4.78 is 5.76. The Hall–Kier alpha value is -1.06. The molecule has 0 saturated heterocycles. The van der Waals surface area contributed by atoms with Crippen LogP contribution in [-0.4, -0.2) is 42.4 Å². The van der Waals surface area contributed by atoms with Gasteiger partial charge in [-0.2, -0.15) is 0 Å². The van der Waals surface area contributed by atoms with Crippen molar-refractivity contribution in [2.24, 2.45) is 0 Å². The number of para-hydroxylation sites is 1. The lowest BCUT2D eigenvalue weighted by molar-refractivity contribution is 0.138. The zero-order valence-electron chi connectivity index (χ0n) is 11.4. The Morgan fingerprint density at radius 3 is 2.79 bits per heavy atom. The molecule has 1 aromatic rings. The van der Waals surface area contributed by atoms with Crippen LogP contribution in [0.5, 0.6) is 5.75 Å². The Labute approximate surface area is 115 Å². The van der Waals surface area contributed by atoms with E-state index >= 15 is 0 Å². The number of hydrogen-bond acceptors (Lipinski definition) is 3. The van der Waals surface area contributed by atoms with Crippen molar-refractivity contribution in [2.75, 3.05) is 26.3 Å². The Balaban J connectivity index is 1.69. The summed E-state index contributed by atoms with van der Waals surface area (Å²) in [7, 11) is 0. The minimum absolute atomic E-state index is 0.256. The second kappa shape index (κ2) is 5.93. The van der Waals surface area contributed by atoms with Crippen LogP contribution in [0, 0.1) is 0 Å². The van der Waals surface area contributed by atoms with Gasteiger partial charge in [-0.1, -0.05) is 31.0 Å². The van der Waals surface area contributed by atoms with E-state index in [0.717, 1.165) is 25.4 Å². The van der Waals surface area contributed by atoms with Crippen LogP contribution in [0.25, 0.3) is 0 Å². The molecule has 0 bridgehead atoms. The summed E-state index contributed by atoms with van der Waals surface area (Å²) in [5.41, 5.74) is 1.34. The maximum Gasteiger partial charge on any atom is 0.122 e. The fraction of sp³-hybridized carbons (Fsp3) is 0.625. The van der Waals surface area contributed by atoms with Crippen LogP contribution in [0.2, 0.25) is 0 Å². The zero-order chi connectivity index (χ0) is 13.1. The Morgan fingerprint density at radius 2 is 2.00 bits per heavy atom. The topological polar surface area (TPSA) is 32.7 Å². The molecule has 1 heterocycles. The molecule has 1 fully saturated rings. The van der Waals surface area contributed by atoms with Crippen LogP contribution in [0.3, 0.4) is 0 Å². The van der Waals surface area contributed by atoms with Crippen molar-refractivity contribution in [2.45, 2.75) is 37.6 Å². The van der Waals surface area contributed by atoms with Gasteiger partial charge in [0.05, 0.1) is 13.2 Å². The van der Waals surface area contributed by atoms with Crippen LogP contribution in [0.1, 0.15) is 37.2 Å². The van der Waals surface area contributed by atoms with Crippen molar-refractivity contribution in [3.8, 4) is 5.75 Å². The zero-order valence-corrected chi connectivity index (χ0v) is 11.4. The summed E-state index contributed by atoms with van der Waals surface area (Å²) in [6, 6.07) is 9.02. The van der Waals surface area contributed by atoms with E-state index < -0.39 is 0 Å². The van der Waals surface area contributed by atoms with E-state index in [-0.39, 0.29) is 6.61 Å². The van der Waals surface area contributed by atoms with Crippen LogP contribution in [0.15, 0.2) is 24.3 Å². The van der Waals surface area contributed by atoms with Crippen molar-refractivity contribution >= 4 is 0 Å². The van der Waals surface area contributed by atoms with E-state index in [9.17, 15) is 5.11 Å². The monoisotopic (exact) mass is 261 g/mol. The molecule has 1 aliphatic carbocycles. The average Bonchev–Trinajstić information content (AvgIpc) is 3.08. The molecular formula is C16H23NO2. The molecule has 19 heavy (non-hydrogen) atoms. The highest BCUT2D eigenvalue weighted by molar-refractivity contribution is 5.39. The highest BCUT2D eigenvalue weighted by Gasteiger charge is 2.29. The lowest BCUT2D eigenvalue weighted by Gasteiger charge is -2.30. The molecule has 3 heteroatoms. The van der Waals surface area contributed by atoms with E-state index in [1.54, 1.807) is 0 Å². The largest absolute Gasteiger partial charge is 0.493 e. The molecule has 0 amide bonds. The first kappa shape index (κ1) is 12.9. The fourth-order valence-corrected chi connectivity index (χ4v) is 3.48. The molecule has 0 radical (unpaired) electrons. The molecular weight excluding hydrogens is 238 g/mol. The molecule has 1 saturated carbocycles. The Morgan fingerprint density at radius 1 is 1.21 bits per heavy atom. The number of aliphatic hydroxyl groups excluding tert-OH is 1. The predicted octanol–water partition coefficient (Wildman–Crippen LogP) is 2.40. The van der Waals surface area contributed by atoms with Crippen LogP contribution >= 0.6 is 0 Å². The molecule has 0 spiro atoms. The predicted molar refractivity (Wildman–Crippen MR) is 75.6 cm³/mol. The summed E-state index contributed by atoms with van der Waals surface area (Å²) in [5, 5.41) is 9.29. The van der Waals surface area contributed by atoms with Crippen LogP contribution in [0.4, 0.5) is 0 Å². The first-order valence-electron chi connectivity index (χ1n) is 7.45.